The average molecular weight is 452 g/mol. The molecule has 0 bridgehead atoms. The topological polar surface area (TPSA) is 114 Å². The Morgan fingerprint density at radius 2 is 1.71 bits per heavy atom. The molecule has 0 radical (unpaired) electrons. The van der Waals surface area contributed by atoms with Gasteiger partial charge >= 0.3 is 0 Å². The third kappa shape index (κ3) is 7.29. The van der Waals surface area contributed by atoms with Crippen molar-refractivity contribution >= 4 is 21.8 Å². The molecule has 31 heavy (non-hydrogen) atoms. The van der Waals surface area contributed by atoms with E-state index in [9.17, 15) is 18.0 Å². The molecule has 1 aromatic carbocycles. The number of nitrogens with one attached hydrogen (secondary N) is 3. The summed E-state index contributed by atoms with van der Waals surface area (Å²) in [5.74, 6) is -0.232. The maximum absolute atomic E-state index is 12.4. The van der Waals surface area contributed by atoms with Crippen LogP contribution < -0.4 is 15.4 Å². The normalized spacial score (nSPS) is 24.0. The number of amides is 2. The highest BCUT2D eigenvalue weighted by molar-refractivity contribution is 7.89. The number of carbonyl (C=O) groups is 2. The van der Waals surface area contributed by atoms with Crippen LogP contribution in [0.2, 0.25) is 0 Å². The molecule has 1 saturated carbocycles. The van der Waals surface area contributed by atoms with E-state index in [1.807, 2.05) is 6.92 Å². The van der Waals surface area contributed by atoms with Crippen LogP contribution >= 0.6 is 0 Å². The summed E-state index contributed by atoms with van der Waals surface area (Å²) in [5, 5.41) is 5.51. The smallest absolute Gasteiger partial charge is 0.240 e. The van der Waals surface area contributed by atoms with E-state index in [4.69, 9.17) is 4.74 Å². The molecule has 2 aliphatic rings. The van der Waals surface area contributed by atoms with Crippen molar-refractivity contribution < 1.29 is 22.7 Å². The van der Waals surface area contributed by atoms with Crippen molar-refractivity contribution in [3.8, 4) is 0 Å². The fourth-order valence-corrected chi connectivity index (χ4v) is 5.18. The van der Waals surface area contributed by atoms with Gasteiger partial charge in [-0.2, -0.15) is 0 Å². The second-order valence-corrected chi connectivity index (χ2v) is 10.3. The van der Waals surface area contributed by atoms with Crippen molar-refractivity contribution in [1.29, 1.82) is 0 Å². The van der Waals surface area contributed by atoms with E-state index in [0.717, 1.165) is 37.9 Å². The van der Waals surface area contributed by atoms with Crippen molar-refractivity contribution in [3.05, 3.63) is 29.8 Å². The van der Waals surface area contributed by atoms with E-state index in [0.29, 0.717) is 25.9 Å². The van der Waals surface area contributed by atoms with Crippen LogP contribution in [0.3, 0.4) is 0 Å². The van der Waals surface area contributed by atoms with E-state index >= 15 is 0 Å². The fraction of sp³-hybridized carbons (Fsp3) is 0.636. The molecule has 2 fully saturated rings. The minimum atomic E-state index is -3.52. The van der Waals surface area contributed by atoms with Crippen molar-refractivity contribution in [3.63, 3.8) is 0 Å². The van der Waals surface area contributed by atoms with E-state index in [2.05, 4.69) is 15.4 Å². The Bertz CT molecular complexity index is 842. The molecule has 3 N–H and O–H groups in total. The first-order chi connectivity index (χ1) is 14.8. The zero-order chi connectivity index (χ0) is 22.3. The third-order valence-corrected chi connectivity index (χ3v) is 7.52. The second-order valence-electron chi connectivity index (χ2n) is 8.54. The van der Waals surface area contributed by atoms with Gasteiger partial charge in [-0.15, -0.1) is 0 Å². The van der Waals surface area contributed by atoms with Gasteiger partial charge in [0.05, 0.1) is 17.5 Å². The first-order valence-electron chi connectivity index (χ1n) is 11.1. The quantitative estimate of drug-likeness (QED) is 0.526. The van der Waals surface area contributed by atoms with E-state index < -0.39 is 10.0 Å². The van der Waals surface area contributed by atoms with Crippen LogP contribution in [0.1, 0.15) is 44.1 Å². The monoisotopic (exact) mass is 451 g/mol. The van der Waals surface area contributed by atoms with Crippen LogP contribution in [0, 0.1) is 18.8 Å². The van der Waals surface area contributed by atoms with Gasteiger partial charge < -0.3 is 15.4 Å². The van der Waals surface area contributed by atoms with E-state index in [1.165, 1.54) is 0 Å². The molecule has 172 valence electrons. The maximum Gasteiger partial charge on any atom is 0.240 e. The summed E-state index contributed by atoms with van der Waals surface area (Å²) in [5.41, 5.74) is 1.01. The number of carbonyl (C=O) groups excluding carboxylic acids is 2. The van der Waals surface area contributed by atoms with Gasteiger partial charge in [-0.1, -0.05) is 17.7 Å². The lowest BCUT2D eigenvalue weighted by atomic mass is 9.81. The lowest BCUT2D eigenvalue weighted by Gasteiger charge is -2.27. The van der Waals surface area contributed by atoms with Crippen LogP contribution in [0.4, 0.5) is 0 Å². The predicted molar refractivity (Wildman–Crippen MR) is 117 cm³/mol. The number of ether oxygens (including phenoxy) is 1. The molecule has 1 saturated heterocycles. The molecule has 1 aliphatic heterocycles. The molecule has 2 amide bonds. The molecule has 3 rings (SSSR count). The van der Waals surface area contributed by atoms with Crippen LogP contribution in [0.25, 0.3) is 0 Å². The molecule has 8 nitrogen and oxygen atoms in total. The maximum atomic E-state index is 12.4. The lowest BCUT2D eigenvalue weighted by Crippen LogP contribution is -2.42. The highest BCUT2D eigenvalue weighted by Gasteiger charge is 2.27. The Morgan fingerprint density at radius 3 is 2.35 bits per heavy atom. The van der Waals surface area contributed by atoms with Crippen LogP contribution in [-0.2, 0) is 24.3 Å². The lowest BCUT2D eigenvalue weighted by molar-refractivity contribution is -0.129. The molecule has 1 aliphatic carbocycles. The van der Waals surface area contributed by atoms with Gasteiger partial charge in [-0.25, -0.2) is 13.1 Å². The highest BCUT2D eigenvalue weighted by atomic mass is 32.2. The molecule has 0 aromatic heterocycles. The minimum Gasteiger partial charge on any atom is -0.376 e. The number of hydrogen-bond acceptors (Lipinski definition) is 5. The average Bonchev–Trinajstić information content (AvgIpc) is 3.29. The molecule has 1 atom stereocenters. The number of hydrogen-bond donors (Lipinski definition) is 3. The van der Waals surface area contributed by atoms with Gasteiger partial charge in [0.15, 0.2) is 0 Å². The molecule has 0 unspecified atom stereocenters. The number of sulfonamides is 1. The Labute approximate surface area is 184 Å². The van der Waals surface area contributed by atoms with Crippen LogP contribution in [0.5, 0.6) is 0 Å². The van der Waals surface area contributed by atoms with Crippen molar-refractivity contribution in [2.75, 3.05) is 26.2 Å². The summed E-state index contributed by atoms with van der Waals surface area (Å²) in [4.78, 5) is 24.5. The Kier molecular flexibility index (Phi) is 8.45. The summed E-state index contributed by atoms with van der Waals surface area (Å²) >= 11 is 0. The van der Waals surface area contributed by atoms with Gasteiger partial charge in [-0.05, 0) is 63.5 Å². The van der Waals surface area contributed by atoms with Gasteiger partial charge in [0.2, 0.25) is 21.8 Å². The molecular formula is C22H33N3O5S. The van der Waals surface area contributed by atoms with Crippen molar-refractivity contribution in [2.45, 2.75) is 56.4 Å². The summed E-state index contributed by atoms with van der Waals surface area (Å²) in [7, 11) is -3.52. The number of benzene rings is 1. The Hall–Kier alpha value is -1.97. The summed E-state index contributed by atoms with van der Waals surface area (Å²) in [6.45, 7) is 3.49. The molecule has 9 heteroatoms. The summed E-state index contributed by atoms with van der Waals surface area (Å²) in [6.07, 6.45) is 5.00. The van der Waals surface area contributed by atoms with Crippen LogP contribution in [0.15, 0.2) is 29.2 Å². The van der Waals surface area contributed by atoms with Crippen LogP contribution in [-0.4, -0.2) is 52.6 Å². The third-order valence-electron chi connectivity index (χ3n) is 6.08. The number of rotatable bonds is 9. The largest absolute Gasteiger partial charge is 0.376 e. The molecular weight excluding hydrogens is 418 g/mol. The van der Waals surface area contributed by atoms with Gasteiger partial charge in [0.1, 0.15) is 0 Å². The minimum absolute atomic E-state index is 0.0260. The Balaban J connectivity index is 1.33. The summed E-state index contributed by atoms with van der Waals surface area (Å²) < 4.78 is 33.0. The van der Waals surface area contributed by atoms with Gasteiger partial charge in [-0.3, -0.25) is 9.59 Å². The summed E-state index contributed by atoms with van der Waals surface area (Å²) in [6, 6.07) is 6.77. The first-order valence-corrected chi connectivity index (χ1v) is 12.5. The van der Waals surface area contributed by atoms with Gasteiger partial charge in [0.25, 0.3) is 0 Å². The fourth-order valence-electron chi connectivity index (χ4n) is 4.06. The predicted octanol–water partition coefficient (Wildman–Crippen LogP) is 1.49. The zero-order valence-electron chi connectivity index (χ0n) is 18.1. The standard InChI is InChI=1S/C22H33N3O5S/c1-16-4-10-20(11-5-16)31(28,29)25-13-17-6-8-18(9-7-17)22(27)24-15-21(26)23-14-19-3-2-12-30-19/h4-5,10-11,17-19,25H,2-3,6-9,12-15H2,1H3,(H,23,26)(H,24,27)/t17?,18?,19-/m0/s1. The van der Waals surface area contributed by atoms with E-state index in [1.54, 1.807) is 24.3 Å². The second kappa shape index (κ2) is 11.1. The SMILES string of the molecule is Cc1ccc(S(=O)(=O)NCC2CCC(C(=O)NCC(=O)NC[C@@H]3CCCO3)CC2)cc1. The Morgan fingerprint density at radius 1 is 1.00 bits per heavy atom. The molecule has 1 aromatic rings. The van der Waals surface area contributed by atoms with Crippen molar-refractivity contribution in [1.82, 2.24) is 15.4 Å². The van der Waals surface area contributed by atoms with Crippen molar-refractivity contribution in [2.24, 2.45) is 11.8 Å². The molecule has 0 spiro atoms. The first kappa shape index (κ1) is 23.7. The van der Waals surface area contributed by atoms with E-state index in [-0.39, 0.29) is 41.2 Å². The zero-order valence-corrected chi connectivity index (χ0v) is 18.9. The van der Waals surface area contributed by atoms with Gasteiger partial charge in [0, 0.05) is 25.6 Å². The highest BCUT2D eigenvalue weighted by Crippen LogP contribution is 2.28. The molecule has 1 heterocycles. The number of aryl methyl sites for hydroxylation is 1.